The molecule has 3 nitrogen and oxygen atoms in total. The number of morpholine rings is 1. The lowest BCUT2D eigenvalue weighted by atomic mass is 10.1. The third-order valence-electron chi connectivity index (χ3n) is 3.15. The van der Waals surface area contributed by atoms with E-state index < -0.39 is 0 Å². The summed E-state index contributed by atoms with van der Waals surface area (Å²) in [5, 5.41) is 3.41. The van der Waals surface area contributed by atoms with E-state index in [9.17, 15) is 0 Å². The molecule has 0 spiro atoms. The van der Waals surface area contributed by atoms with Gasteiger partial charge in [0, 0.05) is 25.3 Å². The zero-order chi connectivity index (χ0) is 12.1. The molecule has 2 rings (SSSR count). The van der Waals surface area contributed by atoms with E-state index in [-0.39, 0.29) is 0 Å². The summed E-state index contributed by atoms with van der Waals surface area (Å²) in [5.41, 5.74) is 4.09. The van der Waals surface area contributed by atoms with Gasteiger partial charge in [-0.2, -0.15) is 0 Å². The molecule has 1 aliphatic heterocycles. The molecule has 0 atom stereocenters. The van der Waals surface area contributed by atoms with E-state index in [0.29, 0.717) is 0 Å². The smallest absolute Gasteiger partial charge is 0.0642 e. The minimum Gasteiger partial charge on any atom is -0.378 e. The summed E-state index contributed by atoms with van der Waals surface area (Å²) in [5.74, 6) is 0. The summed E-state index contributed by atoms with van der Waals surface area (Å²) in [4.78, 5) is 2.43. The van der Waals surface area contributed by atoms with Gasteiger partial charge >= 0.3 is 0 Å². The van der Waals surface area contributed by atoms with Gasteiger partial charge in [-0.05, 0) is 25.1 Å². The number of aryl methyl sites for hydroxylation is 1. The SMILES string of the molecule is CCNCc1cc(C)ccc1N1CCOCC1. The Hall–Kier alpha value is -1.06. The fourth-order valence-electron chi connectivity index (χ4n) is 2.23. The van der Waals surface area contributed by atoms with Gasteiger partial charge in [0.1, 0.15) is 0 Å². The first kappa shape index (κ1) is 12.4. The maximum absolute atomic E-state index is 5.41. The van der Waals surface area contributed by atoms with Crippen LogP contribution >= 0.6 is 0 Å². The van der Waals surface area contributed by atoms with Gasteiger partial charge in [0.15, 0.2) is 0 Å². The summed E-state index contributed by atoms with van der Waals surface area (Å²) < 4.78 is 5.41. The fraction of sp³-hybridized carbons (Fsp3) is 0.571. The minimum absolute atomic E-state index is 0.842. The highest BCUT2D eigenvalue weighted by atomic mass is 16.5. The number of nitrogens with zero attached hydrogens (tertiary/aromatic N) is 1. The van der Waals surface area contributed by atoms with Crippen LogP contribution in [-0.2, 0) is 11.3 Å². The molecular formula is C14H22N2O. The van der Waals surface area contributed by atoms with Crippen LogP contribution in [0.15, 0.2) is 18.2 Å². The highest BCUT2D eigenvalue weighted by Crippen LogP contribution is 2.22. The van der Waals surface area contributed by atoms with Crippen molar-refractivity contribution in [3.63, 3.8) is 0 Å². The van der Waals surface area contributed by atoms with Gasteiger partial charge in [-0.25, -0.2) is 0 Å². The molecule has 1 aromatic rings. The Labute approximate surface area is 104 Å². The van der Waals surface area contributed by atoms with Gasteiger partial charge < -0.3 is 15.0 Å². The van der Waals surface area contributed by atoms with Gasteiger partial charge in [0.2, 0.25) is 0 Å². The highest BCUT2D eigenvalue weighted by Gasteiger charge is 2.14. The van der Waals surface area contributed by atoms with Gasteiger partial charge in [-0.15, -0.1) is 0 Å². The van der Waals surface area contributed by atoms with Crippen molar-refractivity contribution >= 4 is 5.69 Å². The molecule has 1 aromatic carbocycles. The molecule has 0 aromatic heterocycles. The predicted octanol–water partition coefficient (Wildman–Crippen LogP) is 1.94. The number of hydrogen-bond donors (Lipinski definition) is 1. The average molecular weight is 234 g/mol. The third-order valence-corrected chi connectivity index (χ3v) is 3.15. The van der Waals surface area contributed by atoms with Crippen molar-refractivity contribution in [1.29, 1.82) is 0 Å². The Morgan fingerprint density at radius 3 is 2.76 bits per heavy atom. The lowest BCUT2D eigenvalue weighted by Gasteiger charge is -2.31. The molecule has 0 radical (unpaired) electrons. The van der Waals surface area contributed by atoms with Crippen LogP contribution in [-0.4, -0.2) is 32.8 Å². The first-order chi connectivity index (χ1) is 8.31. The summed E-state index contributed by atoms with van der Waals surface area (Å²) in [6.07, 6.45) is 0. The molecule has 1 aliphatic rings. The van der Waals surface area contributed by atoms with Crippen molar-refractivity contribution in [3.8, 4) is 0 Å². The van der Waals surface area contributed by atoms with E-state index in [1.807, 2.05) is 0 Å². The van der Waals surface area contributed by atoms with Crippen LogP contribution in [0.3, 0.4) is 0 Å². The maximum atomic E-state index is 5.41. The summed E-state index contributed by atoms with van der Waals surface area (Å²) in [6, 6.07) is 6.72. The van der Waals surface area contributed by atoms with Crippen LogP contribution in [0.5, 0.6) is 0 Å². The van der Waals surface area contributed by atoms with Gasteiger partial charge in [-0.3, -0.25) is 0 Å². The molecule has 1 heterocycles. The van der Waals surface area contributed by atoms with E-state index in [1.165, 1.54) is 16.8 Å². The van der Waals surface area contributed by atoms with Crippen molar-refractivity contribution in [2.24, 2.45) is 0 Å². The van der Waals surface area contributed by atoms with Gasteiger partial charge in [-0.1, -0.05) is 24.6 Å². The van der Waals surface area contributed by atoms with E-state index in [1.54, 1.807) is 0 Å². The topological polar surface area (TPSA) is 24.5 Å². The number of rotatable bonds is 4. The number of ether oxygens (including phenoxy) is 1. The van der Waals surface area contributed by atoms with Crippen molar-refractivity contribution in [2.45, 2.75) is 20.4 Å². The second-order valence-corrected chi connectivity index (χ2v) is 4.51. The zero-order valence-corrected chi connectivity index (χ0v) is 10.8. The summed E-state index contributed by atoms with van der Waals surface area (Å²) in [6.45, 7) is 9.94. The number of nitrogens with one attached hydrogen (secondary N) is 1. The molecular weight excluding hydrogens is 212 g/mol. The predicted molar refractivity (Wildman–Crippen MR) is 71.6 cm³/mol. The Morgan fingerprint density at radius 2 is 2.06 bits per heavy atom. The standard InChI is InChI=1S/C14H22N2O/c1-3-15-11-13-10-12(2)4-5-14(13)16-6-8-17-9-7-16/h4-5,10,15H,3,6-9,11H2,1-2H3. The number of hydrogen-bond acceptors (Lipinski definition) is 3. The average Bonchev–Trinajstić information content (AvgIpc) is 2.37. The van der Waals surface area contributed by atoms with Crippen LogP contribution in [0.2, 0.25) is 0 Å². The molecule has 1 fully saturated rings. The first-order valence-electron chi connectivity index (χ1n) is 6.44. The first-order valence-corrected chi connectivity index (χ1v) is 6.44. The fourth-order valence-corrected chi connectivity index (χ4v) is 2.23. The monoisotopic (exact) mass is 234 g/mol. The molecule has 0 saturated carbocycles. The molecule has 0 aliphatic carbocycles. The van der Waals surface area contributed by atoms with Crippen molar-refractivity contribution in [3.05, 3.63) is 29.3 Å². The Balaban J connectivity index is 2.18. The van der Waals surface area contributed by atoms with Crippen LogP contribution < -0.4 is 10.2 Å². The lowest BCUT2D eigenvalue weighted by Crippen LogP contribution is -2.37. The number of benzene rings is 1. The highest BCUT2D eigenvalue weighted by molar-refractivity contribution is 5.55. The second-order valence-electron chi connectivity index (χ2n) is 4.51. The van der Waals surface area contributed by atoms with Crippen LogP contribution in [0.1, 0.15) is 18.1 Å². The van der Waals surface area contributed by atoms with Crippen LogP contribution in [0.4, 0.5) is 5.69 Å². The van der Waals surface area contributed by atoms with E-state index in [2.05, 4.69) is 42.3 Å². The molecule has 94 valence electrons. The molecule has 0 unspecified atom stereocenters. The summed E-state index contributed by atoms with van der Waals surface area (Å²) in [7, 11) is 0. The van der Waals surface area contributed by atoms with Crippen LogP contribution in [0.25, 0.3) is 0 Å². The van der Waals surface area contributed by atoms with Crippen LogP contribution in [0, 0.1) is 6.92 Å². The summed E-state index contributed by atoms with van der Waals surface area (Å²) >= 11 is 0. The number of anilines is 1. The maximum Gasteiger partial charge on any atom is 0.0642 e. The Morgan fingerprint density at radius 1 is 1.29 bits per heavy atom. The molecule has 0 bridgehead atoms. The third kappa shape index (κ3) is 3.20. The van der Waals surface area contributed by atoms with Crippen molar-refractivity contribution in [2.75, 3.05) is 37.7 Å². The molecule has 1 saturated heterocycles. The quantitative estimate of drug-likeness (QED) is 0.861. The van der Waals surface area contributed by atoms with Gasteiger partial charge in [0.05, 0.1) is 13.2 Å². The van der Waals surface area contributed by atoms with E-state index >= 15 is 0 Å². The minimum atomic E-state index is 0.842. The molecule has 17 heavy (non-hydrogen) atoms. The Kier molecular flexibility index (Phi) is 4.40. The van der Waals surface area contributed by atoms with Crippen molar-refractivity contribution in [1.82, 2.24) is 5.32 Å². The van der Waals surface area contributed by atoms with E-state index in [4.69, 9.17) is 4.74 Å². The molecule has 0 amide bonds. The largest absolute Gasteiger partial charge is 0.378 e. The lowest BCUT2D eigenvalue weighted by molar-refractivity contribution is 0.122. The van der Waals surface area contributed by atoms with Crippen molar-refractivity contribution < 1.29 is 4.74 Å². The molecule has 1 N–H and O–H groups in total. The van der Waals surface area contributed by atoms with Gasteiger partial charge in [0.25, 0.3) is 0 Å². The second kappa shape index (κ2) is 6.03. The van der Waals surface area contributed by atoms with E-state index in [0.717, 1.165) is 39.4 Å². The normalized spacial score (nSPS) is 16.2. The zero-order valence-electron chi connectivity index (χ0n) is 10.8. The Bertz CT molecular complexity index is 359. The molecule has 3 heteroatoms.